The van der Waals surface area contributed by atoms with E-state index in [2.05, 4.69) is 72.8 Å². The number of thioether (sulfide) groups is 2. The molecule has 6 aromatic carbocycles. The normalized spacial score (nSPS) is 11.4. The molecule has 10 heteroatoms. The molecule has 62 heavy (non-hydrogen) atoms. The fraction of sp³-hybridized carbons (Fsp3) is 0.0769. The number of pyridine rings is 4. The monoisotopic (exact) mass is 878 g/mol. The summed E-state index contributed by atoms with van der Waals surface area (Å²) < 4.78 is 13.3. The van der Waals surface area contributed by atoms with Gasteiger partial charge in [-0.3, -0.25) is 19.9 Å². The number of hydrogen-bond acceptors (Lipinski definition) is 10. The van der Waals surface area contributed by atoms with Crippen molar-refractivity contribution < 1.29 is 9.47 Å². The zero-order valence-corrected chi connectivity index (χ0v) is 36.7. The molecule has 0 saturated heterocycles. The molecule has 0 aliphatic heterocycles. The summed E-state index contributed by atoms with van der Waals surface area (Å²) in [5.41, 5.74) is 5.93. The third kappa shape index (κ3) is 8.82. The van der Waals surface area contributed by atoms with E-state index in [0.29, 0.717) is 13.2 Å². The van der Waals surface area contributed by atoms with Gasteiger partial charge in [-0.15, -0.1) is 23.5 Å². The SMILES string of the molecule is c1ccc(COc2c(Sc3c(SCCSc4cnc5ccccc5c4Sc4cnc5ccccc5c4OCc4ccccc4)cnc4ccccc34)cnc3ccccc23)cc1. The minimum atomic E-state index is 0.460. The number of ether oxygens (including phenoxy) is 2. The van der Waals surface area contributed by atoms with Crippen molar-refractivity contribution in [2.45, 2.75) is 42.6 Å². The average molecular weight is 879 g/mol. The van der Waals surface area contributed by atoms with Crippen LogP contribution in [0.1, 0.15) is 11.1 Å². The highest BCUT2D eigenvalue weighted by molar-refractivity contribution is 8.05. The second-order valence-electron chi connectivity index (χ2n) is 14.3. The summed E-state index contributed by atoms with van der Waals surface area (Å²) in [4.78, 5) is 26.0. The first-order chi connectivity index (χ1) is 30.7. The predicted molar refractivity (Wildman–Crippen MR) is 258 cm³/mol. The molecular weight excluding hydrogens is 841 g/mol. The first-order valence-corrected chi connectivity index (χ1v) is 23.8. The molecule has 4 aromatic heterocycles. The first kappa shape index (κ1) is 40.1. The van der Waals surface area contributed by atoms with Crippen LogP contribution in [-0.4, -0.2) is 31.4 Å². The van der Waals surface area contributed by atoms with Gasteiger partial charge in [0.25, 0.3) is 0 Å². The Morgan fingerprint density at radius 1 is 0.339 bits per heavy atom. The van der Waals surface area contributed by atoms with Crippen molar-refractivity contribution in [1.82, 2.24) is 19.9 Å². The van der Waals surface area contributed by atoms with Gasteiger partial charge in [0.05, 0.1) is 31.9 Å². The first-order valence-electron chi connectivity index (χ1n) is 20.2. The van der Waals surface area contributed by atoms with Gasteiger partial charge in [0.1, 0.15) is 24.7 Å². The van der Waals surface area contributed by atoms with E-state index in [1.807, 2.05) is 133 Å². The molecule has 0 radical (unpaired) electrons. The molecule has 0 bridgehead atoms. The van der Waals surface area contributed by atoms with Gasteiger partial charge in [-0.25, -0.2) is 0 Å². The Hall–Kier alpha value is -6.04. The predicted octanol–water partition coefficient (Wildman–Crippen LogP) is 14.2. The van der Waals surface area contributed by atoms with Crippen molar-refractivity contribution in [2.24, 2.45) is 0 Å². The molecule has 0 atom stereocenters. The van der Waals surface area contributed by atoms with E-state index in [1.165, 1.54) is 0 Å². The Morgan fingerprint density at radius 2 is 0.661 bits per heavy atom. The van der Waals surface area contributed by atoms with Crippen LogP contribution >= 0.6 is 47.0 Å². The van der Waals surface area contributed by atoms with E-state index < -0.39 is 0 Å². The number of hydrogen-bond donors (Lipinski definition) is 0. The number of nitrogens with zero attached hydrogens (tertiary/aromatic N) is 4. The van der Waals surface area contributed by atoms with Gasteiger partial charge in [-0.1, -0.05) is 145 Å². The lowest BCUT2D eigenvalue weighted by atomic mass is 10.2. The maximum atomic E-state index is 6.65. The topological polar surface area (TPSA) is 70.0 Å². The van der Waals surface area contributed by atoms with Crippen LogP contribution < -0.4 is 9.47 Å². The van der Waals surface area contributed by atoms with Gasteiger partial charge < -0.3 is 9.47 Å². The van der Waals surface area contributed by atoms with Crippen LogP contribution in [0.4, 0.5) is 0 Å². The molecule has 302 valence electrons. The Balaban J connectivity index is 0.930. The minimum absolute atomic E-state index is 0.460. The van der Waals surface area contributed by atoms with E-state index in [4.69, 9.17) is 29.4 Å². The highest BCUT2D eigenvalue weighted by Gasteiger charge is 2.20. The summed E-state index contributed by atoms with van der Waals surface area (Å²) >= 11 is 7.03. The van der Waals surface area contributed by atoms with Gasteiger partial charge in [-0.05, 0) is 47.5 Å². The highest BCUT2D eigenvalue weighted by Crippen LogP contribution is 2.47. The minimum Gasteiger partial charge on any atom is -0.487 e. The summed E-state index contributed by atoms with van der Waals surface area (Å²) in [6.45, 7) is 0.920. The fourth-order valence-electron chi connectivity index (χ4n) is 7.23. The Kier molecular flexibility index (Phi) is 12.2. The van der Waals surface area contributed by atoms with Gasteiger partial charge in [-0.2, -0.15) is 0 Å². The second kappa shape index (κ2) is 18.9. The van der Waals surface area contributed by atoms with Crippen LogP contribution in [-0.2, 0) is 13.2 Å². The summed E-state index contributed by atoms with van der Waals surface area (Å²) in [6.07, 6.45) is 7.92. The van der Waals surface area contributed by atoms with Gasteiger partial charge in [0.15, 0.2) is 0 Å². The van der Waals surface area contributed by atoms with E-state index in [9.17, 15) is 0 Å². The molecule has 4 heterocycles. The molecule has 0 spiro atoms. The van der Waals surface area contributed by atoms with Gasteiger partial charge in [0, 0.05) is 77.4 Å². The van der Waals surface area contributed by atoms with Crippen molar-refractivity contribution in [1.29, 1.82) is 0 Å². The summed E-state index contributed by atoms with van der Waals surface area (Å²) in [5.74, 6) is 3.37. The van der Waals surface area contributed by atoms with Crippen molar-refractivity contribution in [3.8, 4) is 11.5 Å². The molecule has 0 N–H and O–H groups in total. The molecule has 0 unspecified atom stereocenters. The van der Waals surface area contributed by atoms with Crippen LogP contribution in [0.25, 0.3) is 43.6 Å². The lowest BCUT2D eigenvalue weighted by Crippen LogP contribution is -1.99. The van der Waals surface area contributed by atoms with Crippen molar-refractivity contribution in [3.63, 3.8) is 0 Å². The molecule has 0 aliphatic carbocycles. The lowest BCUT2D eigenvalue weighted by molar-refractivity contribution is 0.302. The average Bonchev–Trinajstić information content (AvgIpc) is 3.33. The maximum Gasteiger partial charge on any atom is 0.144 e. The number of rotatable bonds is 15. The Labute approximate surface area is 377 Å². The Bertz CT molecular complexity index is 2960. The summed E-state index contributed by atoms with van der Waals surface area (Å²) in [5, 5.41) is 4.18. The molecule has 0 saturated carbocycles. The molecule has 6 nitrogen and oxygen atoms in total. The lowest BCUT2D eigenvalue weighted by Gasteiger charge is -2.17. The number of para-hydroxylation sites is 4. The summed E-state index contributed by atoms with van der Waals surface area (Å²) in [7, 11) is 0. The maximum absolute atomic E-state index is 6.65. The number of fused-ring (bicyclic) bond motifs is 4. The van der Waals surface area contributed by atoms with Crippen molar-refractivity contribution in [3.05, 3.63) is 194 Å². The van der Waals surface area contributed by atoms with Crippen LogP contribution in [0, 0.1) is 0 Å². The van der Waals surface area contributed by atoms with Crippen LogP contribution in [0.3, 0.4) is 0 Å². The smallest absolute Gasteiger partial charge is 0.144 e. The van der Waals surface area contributed by atoms with E-state index in [0.717, 1.165) is 107 Å². The van der Waals surface area contributed by atoms with Crippen LogP contribution in [0.5, 0.6) is 11.5 Å². The largest absolute Gasteiger partial charge is 0.487 e. The third-order valence-corrected chi connectivity index (χ3v) is 15.1. The zero-order chi connectivity index (χ0) is 41.5. The molecule has 10 aromatic rings. The van der Waals surface area contributed by atoms with Crippen LogP contribution in [0.2, 0.25) is 0 Å². The molecule has 0 aliphatic rings. The second-order valence-corrected chi connectivity index (χ2v) is 18.7. The molecule has 10 rings (SSSR count). The quantitative estimate of drug-likeness (QED) is 0.0734. The van der Waals surface area contributed by atoms with Crippen molar-refractivity contribution >= 4 is 90.7 Å². The fourth-order valence-corrected chi connectivity index (χ4v) is 11.7. The van der Waals surface area contributed by atoms with Gasteiger partial charge in [0.2, 0.25) is 0 Å². The molecule has 0 amide bonds. The van der Waals surface area contributed by atoms with E-state index in [1.54, 1.807) is 23.5 Å². The van der Waals surface area contributed by atoms with Gasteiger partial charge >= 0.3 is 0 Å². The molecular formula is C52H38N4O2S4. The standard InChI is InChI=1S/C52H38N4O2S4/c1-3-15-35(16-4-1)33-57-49-37-19-7-11-23-41(37)53-29-45(49)61-51-39-21-9-13-25-43(39)55-31-47(51)59-27-28-60-48-32-56-44-26-14-10-22-40(44)52(48)62-46-30-54-42-24-12-8-20-38(42)50(46)58-34-36-17-5-2-6-18-36/h1-26,29-32H,27-28,33-34H2. The number of aromatic nitrogens is 4. The Morgan fingerprint density at radius 3 is 1.06 bits per heavy atom. The third-order valence-electron chi connectivity index (χ3n) is 10.2. The highest BCUT2D eigenvalue weighted by atomic mass is 32.2. The van der Waals surface area contributed by atoms with Crippen molar-refractivity contribution in [2.75, 3.05) is 11.5 Å². The summed E-state index contributed by atoms with van der Waals surface area (Å²) in [6, 6.07) is 53.7. The van der Waals surface area contributed by atoms with Crippen LogP contribution in [0.15, 0.2) is 212 Å². The van der Waals surface area contributed by atoms with E-state index in [-0.39, 0.29) is 0 Å². The molecule has 0 fully saturated rings. The zero-order valence-electron chi connectivity index (χ0n) is 33.4. The number of benzene rings is 6. The van der Waals surface area contributed by atoms with E-state index >= 15 is 0 Å².